The lowest BCUT2D eigenvalue weighted by molar-refractivity contribution is -0.134. The summed E-state index contributed by atoms with van der Waals surface area (Å²) in [5, 5.41) is 5.52. The second kappa shape index (κ2) is 6.05. The predicted octanol–water partition coefficient (Wildman–Crippen LogP) is 1.67. The Kier molecular flexibility index (Phi) is 3.98. The molecule has 3 aliphatic heterocycles. The monoisotopic (exact) mass is 349 g/mol. The van der Waals surface area contributed by atoms with Crippen LogP contribution in [0, 0.1) is 17.0 Å². The van der Waals surface area contributed by atoms with Crippen LogP contribution < -0.4 is 15.5 Å². The van der Waals surface area contributed by atoms with Crippen LogP contribution in [0.15, 0.2) is 12.1 Å². The maximum absolute atomic E-state index is 14.6. The van der Waals surface area contributed by atoms with Gasteiger partial charge in [0.1, 0.15) is 11.6 Å². The van der Waals surface area contributed by atoms with Gasteiger partial charge in [0.25, 0.3) is 0 Å². The number of hydrogen-bond acceptors (Lipinski definition) is 4. The molecule has 1 aromatic carbocycles. The molecule has 25 heavy (non-hydrogen) atoms. The second-order valence-electron chi connectivity index (χ2n) is 7.43. The van der Waals surface area contributed by atoms with Gasteiger partial charge in [-0.25, -0.2) is 8.78 Å². The van der Waals surface area contributed by atoms with Gasteiger partial charge in [0.15, 0.2) is 0 Å². The molecule has 1 spiro atoms. The number of imide groups is 1. The quantitative estimate of drug-likeness (QED) is 0.798. The third-order valence-corrected chi connectivity index (χ3v) is 5.79. The molecule has 5 nitrogen and oxygen atoms in total. The molecule has 4 rings (SSSR count). The fraction of sp³-hybridized carbons (Fsp3) is 0.556. The number of piperidine rings is 1. The average molecular weight is 349 g/mol. The Labute approximate surface area is 144 Å². The number of hydrogen-bond donors (Lipinski definition) is 2. The Hall–Kier alpha value is -2.02. The second-order valence-corrected chi connectivity index (χ2v) is 7.43. The van der Waals surface area contributed by atoms with Gasteiger partial charge in [-0.3, -0.25) is 14.9 Å². The van der Waals surface area contributed by atoms with Crippen LogP contribution in [0.4, 0.5) is 14.5 Å². The van der Waals surface area contributed by atoms with E-state index in [1.165, 1.54) is 12.1 Å². The number of halogens is 2. The number of nitrogens with zero attached hydrogens (tertiary/aromatic N) is 1. The Morgan fingerprint density at radius 1 is 1.16 bits per heavy atom. The largest absolute Gasteiger partial charge is 0.371 e. The molecule has 3 aliphatic rings. The van der Waals surface area contributed by atoms with Gasteiger partial charge in [-0.15, -0.1) is 0 Å². The molecule has 0 aliphatic carbocycles. The maximum atomic E-state index is 14.6. The predicted molar refractivity (Wildman–Crippen MR) is 88.2 cm³/mol. The van der Waals surface area contributed by atoms with Crippen LogP contribution in [0.2, 0.25) is 0 Å². The number of carbonyl (C=O) groups is 2. The number of nitrogens with one attached hydrogen (secondary N) is 2. The number of rotatable bonds is 2. The third-order valence-electron chi connectivity index (χ3n) is 5.79. The molecule has 2 amide bonds. The lowest BCUT2D eigenvalue weighted by atomic mass is 9.86. The van der Waals surface area contributed by atoms with Crippen LogP contribution in [0.25, 0.3) is 0 Å². The Morgan fingerprint density at radius 2 is 1.92 bits per heavy atom. The normalized spacial score (nSPS) is 29.5. The van der Waals surface area contributed by atoms with Crippen LogP contribution in [0.1, 0.15) is 37.2 Å². The van der Waals surface area contributed by atoms with E-state index < -0.39 is 29.4 Å². The number of anilines is 1. The molecule has 2 N–H and O–H groups in total. The molecule has 3 fully saturated rings. The first-order valence-electron chi connectivity index (χ1n) is 8.76. The summed E-state index contributed by atoms with van der Waals surface area (Å²) in [6, 6.07) is 2.65. The van der Waals surface area contributed by atoms with Crippen molar-refractivity contribution in [3.63, 3.8) is 0 Å². The van der Waals surface area contributed by atoms with E-state index in [1.54, 1.807) is 0 Å². The van der Waals surface area contributed by atoms with Crippen molar-refractivity contribution in [1.29, 1.82) is 0 Å². The van der Waals surface area contributed by atoms with Crippen molar-refractivity contribution in [2.45, 2.75) is 31.6 Å². The van der Waals surface area contributed by atoms with E-state index in [-0.39, 0.29) is 23.8 Å². The van der Waals surface area contributed by atoms with Gasteiger partial charge in [0.2, 0.25) is 11.8 Å². The van der Waals surface area contributed by atoms with Gasteiger partial charge in [-0.05, 0) is 37.9 Å². The Morgan fingerprint density at radius 3 is 2.56 bits per heavy atom. The average Bonchev–Trinajstić information content (AvgIpc) is 3.19. The molecule has 1 aromatic rings. The standard InChI is InChI=1S/C18H21F2N3O2/c19-13-7-11(23-6-4-18(10-23)3-5-21-9-18)8-14(20)16(13)12-1-2-15(24)22-17(12)25/h7-8,12,21H,1-6,9-10H2,(H,22,24,25)/t12-,18?/m1/s1. The molecular formula is C18H21F2N3O2. The minimum Gasteiger partial charge on any atom is -0.371 e. The molecule has 3 heterocycles. The van der Waals surface area contributed by atoms with Crippen molar-refractivity contribution < 1.29 is 18.4 Å². The zero-order valence-corrected chi connectivity index (χ0v) is 13.9. The topological polar surface area (TPSA) is 61.4 Å². The van der Waals surface area contributed by atoms with Crippen molar-refractivity contribution in [2.75, 3.05) is 31.1 Å². The first-order chi connectivity index (χ1) is 12.0. The number of benzene rings is 1. The van der Waals surface area contributed by atoms with E-state index in [1.807, 2.05) is 4.90 Å². The van der Waals surface area contributed by atoms with Crippen LogP contribution in [-0.2, 0) is 9.59 Å². The fourth-order valence-corrected chi connectivity index (χ4v) is 4.35. The first-order valence-corrected chi connectivity index (χ1v) is 8.76. The highest BCUT2D eigenvalue weighted by Gasteiger charge is 2.41. The number of carbonyl (C=O) groups excluding carboxylic acids is 2. The summed E-state index contributed by atoms with van der Waals surface area (Å²) < 4.78 is 29.3. The van der Waals surface area contributed by atoms with Crippen molar-refractivity contribution in [3.05, 3.63) is 29.3 Å². The third kappa shape index (κ3) is 2.90. The molecule has 134 valence electrons. The van der Waals surface area contributed by atoms with E-state index in [9.17, 15) is 18.4 Å². The summed E-state index contributed by atoms with van der Waals surface area (Å²) in [5.74, 6) is -3.40. The zero-order chi connectivity index (χ0) is 17.6. The highest BCUT2D eigenvalue weighted by Crippen LogP contribution is 2.39. The van der Waals surface area contributed by atoms with Gasteiger partial charge in [0, 0.05) is 42.7 Å². The number of amides is 2. The summed E-state index contributed by atoms with van der Waals surface area (Å²) in [6.07, 6.45) is 2.33. The fourth-order valence-electron chi connectivity index (χ4n) is 4.35. The van der Waals surface area contributed by atoms with Crippen LogP contribution in [0.5, 0.6) is 0 Å². The summed E-state index contributed by atoms with van der Waals surface area (Å²) in [4.78, 5) is 25.2. The van der Waals surface area contributed by atoms with Crippen molar-refractivity contribution in [2.24, 2.45) is 5.41 Å². The van der Waals surface area contributed by atoms with Crippen molar-refractivity contribution in [1.82, 2.24) is 10.6 Å². The lowest BCUT2D eigenvalue weighted by Gasteiger charge is -2.26. The summed E-state index contributed by atoms with van der Waals surface area (Å²) in [6.45, 7) is 3.50. The summed E-state index contributed by atoms with van der Waals surface area (Å²) in [5.41, 5.74) is 0.495. The molecule has 2 atom stereocenters. The summed E-state index contributed by atoms with van der Waals surface area (Å²) >= 11 is 0. The molecule has 0 saturated carbocycles. The van der Waals surface area contributed by atoms with Gasteiger partial charge in [-0.2, -0.15) is 0 Å². The highest BCUT2D eigenvalue weighted by atomic mass is 19.1. The smallest absolute Gasteiger partial charge is 0.234 e. The molecular weight excluding hydrogens is 328 g/mol. The van der Waals surface area contributed by atoms with E-state index in [2.05, 4.69) is 10.6 Å². The molecule has 0 bridgehead atoms. The first kappa shape index (κ1) is 16.4. The lowest BCUT2D eigenvalue weighted by Crippen LogP contribution is -2.40. The van der Waals surface area contributed by atoms with Crippen molar-refractivity contribution >= 4 is 17.5 Å². The molecule has 0 radical (unpaired) electrons. The molecule has 1 unspecified atom stereocenters. The van der Waals surface area contributed by atoms with Crippen LogP contribution in [-0.4, -0.2) is 38.0 Å². The van der Waals surface area contributed by atoms with E-state index in [0.29, 0.717) is 5.69 Å². The van der Waals surface area contributed by atoms with E-state index in [0.717, 1.165) is 39.0 Å². The molecule has 7 heteroatoms. The van der Waals surface area contributed by atoms with Gasteiger partial charge in [0.05, 0.1) is 5.92 Å². The SMILES string of the molecule is O=C1CC[C@H](c2c(F)cc(N3CCC4(CCNC4)C3)cc2F)C(=O)N1. The minimum absolute atomic E-state index is 0.0959. The Balaban J connectivity index is 1.59. The van der Waals surface area contributed by atoms with Crippen molar-refractivity contribution in [3.8, 4) is 0 Å². The van der Waals surface area contributed by atoms with Gasteiger partial charge < -0.3 is 10.2 Å². The van der Waals surface area contributed by atoms with Gasteiger partial charge >= 0.3 is 0 Å². The minimum atomic E-state index is -0.948. The van der Waals surface area contributed by atoms with Gasteiger partial charge in [-0.1, -0.05) is 0 Å². The van der Waals surface area contributed by atoms with E-state index in [4.69, 9.17) is 0 Å². The summed E-state index contributed by atoms with van der Waals surface area (Å²) in [7, 11) is 0. The Bertz CT molecular complexity index is 708. The van der Waals surface area contributed by atoms with Crippen LogP contribution >= 0.6 is 0 Å². The van der Waals surface area contributed by atoms with E-state index >= 15 is 0 Å². The van der Waals surface area contributed by atoms with Crippen LogP contribution in [0.3, 0.4) is 0 Å². The maximum Gasteiger partial charge on any atom is 0.234 e. The highest BCUT2D eigenvalue weighted by molar-refractivity contribution is 6.01. The molecule has 3 saturated heterocycles. The molecule has 0 aromatic heterocycles. The zero-order valence-electron chi connectivity index (χ0n) is 13.9.